The smallest absolute Gasteiger partial charge is 0.410 e. The first kappa shape index (κ1) is 13.4. The highest BCUT2D eigenvalue weighted by Crippen LogP contribution is 2.25. The lowest BCUT2D eigenvalue weighted by atomic mass is 9.92. The molecule has 19 heavy (non-hydrogen) atoms. The SMILES string of the molecule is CN(CCC#N)C(=O)Oc1ccc2c(c1)CCCC2. The highest BCUT2D eigenvalue weighted by atomic mass is 16.6. The number of rotatable bonds is 3. The Hall–Kier alpha value is -2.02. The molecule has 0 heterocycles. The Labute approximate surface area is 113 Å². The molecule has 0 atom stereocenters. The summed E-state index contributed by atoms with van der Waals surface area (Å²) in [7, 11) is 1.64. The van der Waals surface area contributed by atoms with Crippen molar-refractivity contribution in [1.82, 2.24) is 4.90 Å². The third-order valence-electron chi connectivity index (χ3n) is 3.40. The van der Waals surface area contributed by atoms with Crippen LogP contribution < -0.4 is 4.74 Å². The normalized spacial score (nSPS) is 13.3. The van der Waals surface area contributed by atoms with E-state index >= 15 is 0 Å². The highest BCUT2D eigenvalue weighted by molar-refractivity contribution is 5.70. The molecule has 1 aliphatic carbocycles. The Morgan fingerprint density at radius 1 is 1.37 bits per heavy atom. The van der Waals surface area contributed by atoms with Crippen LogP contribution in [0.4, 0.5) is 4.79 Å². The summed E-state index contributed by atoms with van der Waals surface area (Å²) in [5.41, 5.74) is 2.65. The van der Waals surface area contributed by atoms with Gasteiger partial charge < -0.3 is 9.64 Å². The molecule has 1 aromatic rings. The zero-order valence-corrected chi connectivity index (χ0v) is 11.2. The van der Waals surface area contributed by atoms with Crippen LogP contribution in [0.15, 0.2) is 18.2 Å². The number of aryl methyl sites for hydroxylation is 2. The summed E-state index contributed by atoms with van der Waals surface area (Å²) < 4.78 is 5.32. The van der Waals surface area contributed by atoms with E-state index in [1.54, 1.807) is 7.05 Å². The van der Waals surface area contributed by atoms with Gasteiger partial charge in [0.1, 0.15) is 5.75 Å². The van der Waals surface area contributed by atoms with Crippen molar-refractivity contribution in [3.63, 3.8) is 0 Å². The van der Waals surface area contributed by atoms with Crippen LogP contribution in [0, 0.1) is 11.3 Å². The van der Waals surface area contributed by atoms with Crippen LogP contribution in [0.3, 0.4) is 0 Å². The van der Waals surface area contributed by atoms with E-state index in [1.165, 1.54) is 28.9 Å². The van der Waals surface area contributed by atoms with E-state index < -0.39 is 6.09 Å². The first-order valence-electron chi connectivity index (χ1n) is 6.62. The van der Waals surface area contributed by atoms with Crippen LogP contribution >= 0.6 is 0 Å². The zero-order chi connectivity index (χ0) is 13.7. The van der Waals surface area contributed by atoms with Crippen molar-refractivity contribution in [3.05, 3.63) is 29.3 Å². The number of carbonyl (C=O) groups is 1. The standard InChI is InChI=1S/C15H18N2O2/c1-17(10-4-9-16)15(18)19-14-8-7-12-5-2-3-6-13(12)11-14/h7-8,11H,2-6,10H2,1H3. The van der Waals surface area contributed by atoms with Gasteiger partial charge in [0, 0.05) is 13.6 Å². The number of ether oxygens (including phenoxy) is 1. The maximum absolute atomic E-state index is 11.8. The monoisotopic (exact) mass is 258 g/mol. The predicted molar refractivity (Wildman–Crippen MR) is 72.0 cm³/mol. The summed E-state index contributed by atoms with van der Waals surface area (Å²) in [6, 6.07) is 7.87. The van der Waals surface area contributed by atoms with Crippen LogP contribution in [0.25, 0.3) is 0 Å². The molecule has 0 aliphatic heterocycles. The van der Waals surface area contributed by atoms with Crippen molar-refractivity contribution in [2.75, 3.05) is 13.6 Å². The molecular formula is C15H18N2O2. The summed E-state index contributed by atoms with van der Waals surface area (Å²) in [6.07, 6.45) is 4.52. The first-order valence-corrected chi connectivity index (χ1v) is 6.62. The Bertz CT molecular complexity index is 505. The lowest BCUT2D eigenvalue weighted by molar-refractivity contribution is 0.164. The van der Waals surface area contributed by atoms with E-state index in [0.29, 0.717) is 18.7 Å². The van der Waals surface area contributed by atoms with Crippen molar-refractivity contribution < 1.29 is 9.53 Å². The molecule has 1 amide bonds. The fourth-order valence-corrected chi connectivity index (χ4v) is 2.26. The summed E-state index contributed by atoms with van der Waals surface area (Å²) in [5, 5.41) is 8.49. The minimum atomic E-state index is -0.411. The van der Waals surface area contributed by atoms with Gasteiger partial charge in [0.15, 0.2) is 0 Å². The van der Waals surface area contributed by atoms with E-state index in [1.807, 2.05) is 24.3 Å². The summed E-state index contributed by atoms with van der Waals surface area (Å²) in [6.45, 7) is 0.389. The van der Waals surface area contributed by atoms with Gasteiger partial charge in [-0.1, -0.05) is 6.07 Å². The van der Waals surface area contributed by atoms with E-state index in [0.717, 1.165) is 12.8 Å². The first-order chi connectivity index (χ1) is 9.20. The third-order valence-corrected chi connectivity index (χ3v) is 3.40. The Kier molecular flexibility index (Phi) is 4.40. The number of nitrogens with zero attached hydrogens (tertiary/aromatic N) is 2. The molecular weight excluding hydrogens is 240 g/mol. The van der Waals surface area contributed by atoms with Crippen LogP contribution in [-0.2, 0) is 12.8 Å². The Balaban J connectivity index is 1.99. The van der Waals surface area contributed by atoms with E-state index in [2.05, 4.69) is 0 Å². The molecule has 0 saturated heterocycles. The number of hydrogen-bond donors (Lipinski definition) is 0. The topological polar surface area (TPSA) is 53.3 Å². The van der Waals surface area contributed by atoms with Gasteiger partial charge in [-0.25, -0.2) is 4.79 Å². The van der Waals surface area contributed by atoms with Gasteiger partial charge in [0.25, 0.3) is 0 Å². The molecule has 1 aliphatic rings. The van der Waals surface area contributed by atoms with E-state index in [4.69, 9.17) is 10.00 Å². The average Bonchev–Trinajstić information content (AvgIpc) is 2.44. The van der Waals surface area contributed by atoms with Crippen LogP contribution in [-0.4, -0.2) is 24.6 Å². The number of amides is 1. The maximum Gasteiger partial charge on any atom is 0.414 e. The minimum absolute atomic E-state index is 0.315. The quantitative estimate of drug-likeness (QED) is 0.837. The second kappa shape index (κ2) is 6.24. The minimum Gasteiger partial charge on any atom is -0.410 e. The Morgan fingerprint density at radius 2 is 2.11 bits per heavy atom. The highest BCUT2D eigenvalue weighted by Gasteiger charge is 2.14. The van der Waals surface area contributed by atoms with Crippen molar-refractivity contribution in [1.29, 1.82) is 5.26 Å². The molecule has 0 N–H and O–H groups in total. The van der Waals surface area contributed by atoms with E-state index in [9.17, 15) is 4.79 Å². The fraction of sp³-hybridized carbons (Fsp3) is 0.467. The second-order valence-electron chi connectivity index (χ2n) is 4.84. The van der Waals surface area contributed by atoms with Crippen molar-refractivity contribution in [2.45, 2.75) is 32.1 Å². The van der Waals surface area contributed by atoms with Crippen molar-refractivity contribution >= 4 is 6.09 Å². The lowest BCUT2D eigenvalue weighted by Crippen LogP contribution is -2.30. The van der Waals surface area contributed by atoms with Crippen LogP contribution in [0.5, 0.6) is 5.75 Å². The average molecular weight is 258 g/mol. The maximum atomic E-state index is 11.8. The van der Waals surface area contributed by atoms with Crippen molar-refractivity contribution in [3.8, 4) is 11.8 Å². The summed E-state index contributed by atoms with van der Waals surface area (Å²) in [4.78, 5) is 13.2. The second-order valence-corrected chi connectivity index (χ2v) is 4.84. The molecule has 0 fully saturated rings. The summed E-state index contributed by atoms with van der Waals surface area (Å²) >= 11 is 0. The molecule has 0 aromatic heterocycles. The molecule has 0 spiro atoms. The molecule has 2 rings (SSSR count). The largest absolute Gasteiger partial charge is 0.414 e. The van der Waals surface area contributed by atoms with Gasteiger partial charge >= 0.3 is 6.09 Å². The van der Waals surface area contributed by atoms with Gasteiger partial charge in [-0.15, -0.1) is 0 Å². The number of hydrogen-bond acceptors (Lipinski definition) is 3. The summed E-state index contributed by atoms with van der Waals surface area (Å²) in [5.74, 6) is 0.592. The van der Waals surface area contributed by atoms with Gasteiger partial charge in [-0.05, 0) is 48.9 Å². The van der Waals surface area contributed by atoms with E-state index in [-0.39, 0.29) is 0 Å². The molecule has 4 heteroatoms. The fourth-order valence-electron chi connectivity index (χ4n) is 2.26. The molecule has 4 nitrogen and oxygen atoms in total. The zero-order valence-electron chi connectivity index (χ0n) is 11.2. The molecule has 1 aromatic carbocycles. The number of carbonyl (C=O) groups excluding carboxylic acids is 1. The van der Waals surface area contributed by atoms with Crippen LogP contribution in [0.1, 0.15) is 30.4 Å². The molecule has 0 radical (unpaired) electrons. The molecule has 100 valence electrons. The predicted octanol–water partition coefficient (Wildman–Crippen LogP) is 2.91. The molecule has 0 unspecified atom stereocenters. The number of nitriles is 1. The molecule has 0 bridgehead atoms. The third kappa shape index (κ3) is 3.47. The van der Waals surface area contributed by atoms with Gasteiger partial charge in [-0.3, -0.25) is 0 Å². The Morgan fingerprint density at radius 3 is 2.84 bits per heavy atom. The number of benzene rings is 1. The van der Waals surface area contributed by atoms with Crippen LogP contribution in [0.2, 0.25) is 0 Å². The molecule has 0 saturated carbocycles. The van der Waals surface area contributed by atoms with Gasteiger partial charge in [0.05, 0.1) is 12.5 Å². The number of fused-ring (bicyclic) bond motifs is 1. The van der Waals surface area contributed by atoms with Gasteiger partial charge in [-0.2, -0.15) is 5.26 Å². The van der Waals surface area contributed by atoms with Gasteiger partial charge in [0.2, 0.25) is 0 Å². The lowest BCUT2D eigenvalue weighted by Gasteiger charge is -2.18. The van der Waals surface area contributed by atoms with Crippen molar-refractivity contribution in [2.24, 2.45) is 0 Å².